The van der Waals surface area contributed by atoms with Gasteiger partial charge in [0.2, 0.25) is 0 Å². The lowest BCUT2D eigenvalue weighted by atomic mass is 9.73. The topological polar surface area (TPSA) is 20.7 Å². The van der Waals surface area contributed by atoms with Gasteiger partial charge in [-0.2, -0.15) is 0 Å². The summed E-state index contributed by atoms with van der Waals surface area (Å²) in [5, 5.41) is 0. The minimum absolute atomic E-state index is 0.388. The lowest BCUT2D eigenvalue weighted by molar-refractivity contribution is 0.143. The molecule has 1 aromatic rings. The summed E-state index contributed by atoms with van der Waals surface area (Å²) in [7, 11) is 0. The van der Waals surface area contributed by atoms with Crippen LogP contribution >= 0.6 is 12.2 Å². The molecule has 1 aromatic heterocycles. The maximum atomic E-state index is 5.28. The number of aromatic amines is 1. The number of hydrogen-bond acceptors (Lipinski definition) is 1. The summed E-state index contributed by atoms with van der Waals surface area (Å²) in [5.74, 6) is 0. The van der Waals surface area contributed by atoms with Gasteiger partial charge in [0, 0.05) is 18.4 Å². The van der Waals surface area contributed by atoms with E-state index in [1.807, 2.05) is 6.20 Å². The van der Waals surface area contributed by atoms with Crippen LogP contribution in [0.5, 0.6) is 0 Å². The second-order valence-corrected chi connectivity index (χ2v) is 5.31. The zero-order valence-electron chi connectivity index (χ0n) is 8.92. The Bertz CT molecular complexity index is 361. The molecule has 1 heterocycles. The number of hydrogen-bond donors (Lipinski definition) is 1. The van der Waals surface area contributed by atoms with E-state index in [9.17, 15) is 0 Å². The maximum Gasteiger partial charge on any atom is 0.177 e. The average molecular weight is 210 g/mol. The third-order valence-corrected chi connectivity index (χ3v) is 3.79. The summed E-state index contributed by atoms with van der Waals surface area (Å²) in [5.41, 5.74) is 0.388. The summed E-state index contributed by atoms with van der Waals surface area (Å²) in [6, 6.07) is 0.579. The normalized spacial score (nSPS) is 26.3. The molecular formula is C11H18N2S. The van der Waals surface area contributed by atoms with Crippen LogP contribution in [0.25, 0.3) is 0 Å². The molecule has 2 rings (SSSR count). The third kappa shape index (κ3) is 1.65. The highest BCUT2D eigenvalue weighted by Gasteiger charge is 2.33. The van der Waals surface area contributed by atoms with E-state index in [1.165, 1.54) is 25.7 Å². The van der Waals surface area contributed by atoms with Crippen molar-refractivity contribution in [2.45, 2.75) is 45.6 Å². The molecule has 1 atom stereocenters. The fourth-order valence-corrected chi connectivity index (χ4v) is 2.82. The van der Waals surface area contributed by atoms with E-state index < -0.39 is 0 Å². The molecule has 1 aliphatic rings. The molecule has 0 saturated heterocycles. The smallest absolute Gasteiger partial charge is 0.177 e. The summed E-state index contributed by atoms with van der Waals surface area (Å²) in [6.07, 6.45) is 9.29. The number of nitrogens with zero attached hydrogens (tertiary/aromatic N) is 1. The van der Waals surface area contributed by atoms with Crippen molar-refractivity contribution in [2.75, 3.05) is 0 Å². The molecule has 78 valence electrons. The van der Waals surface area contributed by atoms with Crippen molar-refractivity contribution < 1.29 is 0 Å². The highest BCUT2D eigenvalue weighted by Crippen LogP contribution is 2.43. The molecule has 2 nitrogen and oxygen atoms in total. The van der Waals surface area contributed by atoms with Crippen LogP contribution in [0.2, 0.25) is 0 Å². The number of imidazole rings is 1. The van der Waals surface area contributed by atoms with Crippen molar-refractivity contribution >= 4 is 12.2 Å². The molecule has 0 radical (unpaired) electrons. The molecule has 1 aliphatic carbocycles. The Morgan fingerprint density at radius 1 is 1.50 bits per heavy atom. The van der Waals surface area contributed by atoms with Crippen LogP contribution in [0.1, 0.15) is 45.6 Å². The molecule has 1 unspecified atom stereocenters. The molecular weight excluding hydrogens is 192 g/mol. The van der Waals surface area contributed by atoms with Gasteiger partial charge in [-0.25, -0.2) is 0 Å². The van der Waals surface area contributed by atoms with Crippen molar-refractivity contribution in [2.24, 2.45) is 5.41 Å². The highest BCUT2D eigenvalue weighted by molar-refractivity contribution is 7.71. The van der Waals surface area contributed by atoms with Crippen LogP contribution in [-0.4, -0.2) is 9.55 Å². The molecule has 14 heavy (non-hydrogen) atoms. The van der Waals surface area contributed by atoms with Crippen LogP contribution in [0.4, 0.5) is 0 Å². The van der Waals surface area contributed by atoms with E-state index in [0.29, 0.717) is 11.5 Å². The van der Waals surface area contributed by atoms with E-state index in [4.69, 9.17) is 12.2 Å². The molecule has 0 bridgehead atoms. The van der Waals surface area contributed by atoms with Gasteiger partial charge in [-0.05, 0) is 30.5 Å². The Balaban J connectivity index is 2.33. The van der Waals surface area contributed by atoms with Crippen molar-refractivity contribution in [3.05, 3.63) is 17.2 Å². The fourth-order valence-electron chi connectivity index (χ4n) is 2.57. The predicted octanol–water partition coefficient (Wildman–Crippen LogP) is 3.69. The summed E-state index contributed by atoms with van der Waals surface area (Å²) in [6.45, 7) is 4.71. The standard InChI is InChI=1S/C11H18N2S/c1-11(2)6-4-3-5-9(11)13-8-7-12-10(13)14/h7-9H,3-6H2,1-2H3,(H,12,14). The first-order chi connectivity index (χ1) is 6.61. The van der Waals surface area contributed by atoms with Crippen LogP contribution in [-0.2, 0) is 0 Å². The largest absolute Gasteiger partial charge is 0.337 e. The quantitative estimate of drug-likeness (QED) is 0.701. The van der Waals surface area contributed by atoms with E-state index in [0.717, 1.165) is 4.77 Å². The first kappa shape index (κ1) is 9.97. The molecule has 0 aliphatic heterocycles. The van der Waals surface area contributed by atoms with E-state index in [1.54, 1.807) is 0 Å². The average Bonchev–Trinajstić information content (AvgIpc) is 2.51. The van der Waals surface area contributed by atoms with Crippen LogP contribution < -0.4 is 0 Å². The van der Waals surface area contributed by atoms with Crippen molar-refractivity contribution in [1.29, 1.82) is 0 Å². The van der Waals surface area contributed by atoms with Gasteiger partial charge >= 0.3 is 0 Å². The fraction of sp³-hybridized carbons (Fsp3) is 0.727. The van der Waals surface area contributed by atoms with Crippen LogP contribution in [0.15, 0.2) is 12.4 Å². The first-order valence-corrected chi connectivity index (χ1v) is 5.77. The van der Waals surface area contributed by atoms with E-state index in [2.05, 4.69) is 29.6 Å². The first-order valence-electron chi connectivity index (χ1n) is 5.37. The highest BCUT2D eigenvalue weighted by atomic mass is 32.1. The molecule has 1 fully saturated rings. The van der Waals surface area contributed by atoms with Gasteiger partial charge in [0.05, 0.1) is 0 Å². The monoisotopic (exact) mass is 210 g/mol. The van der Waals surface area contributed by atoms with Crippen molar-refractivity contribution in [1.82, 2.24) is 9.55 Å². The zero-order valence-corrected chi connectivity index (χ0v) is 9.73. The van der Waals surface area contributed by atoms with Gasteiger partial charge in [0.15, 0.2) is 4.77 Å². The van der Waals surface area contributed by atoms with Gasteiger partial charge in [0.1, 0.15) is 0 Å². The number of aromatic nitrogens is 2. The summed E-state index contributed by atoms with van der Waals surface area (Å²) in [4.78, 5) is 3.08. The van der Waals surface area contributed by atoms with Crippen LogP contribution in [0.3, 0.4) is 0 Å². The Morgan fingerprint density at radius 2 is 2.29 bits per heavy atom. The zero-order chi connectivity index (χ0) is 10.2. The van der Waals surface area contributed by atoms with Gasteiger partial charge in [0.25, 0.3) is 0 Å². The molecule has 0 aromatic carbocycles. The number of nitrogens with one attached hydrogen (secondary N) is 1. The van der Waals surface area contributed by atoms with Crippen molar-refractivity contribution in [3.63, 3.8) is 0 Å². The summed E-state index contributed by atoms with van der Waals surface area (Å²) >= 11 is 5.28. The van der Waals surface area contributed by atoms with Crippen molar-refractivity contribution in [3.8, 4) is 0 Å². The SMILES string of the molecule is CC1(C)CCCCC1n1cc[nH]c1=S. The lowest BCUT2D eigenvalue weighted by Crippen LogP contribution is -2.30. The maximum absolute atomic E-state index is 5.28. The molecule has 3 heteroatoms. The van der Waals surface area contributed by atoms with Gasteiger partial charge < -0.3 is 9.55 Å². The Morgan fingerprint density at radius 3 is 2.86 bits per heavy atom. The second-order valence-electron chi connectivity index (χ2n) is 4.92. The molecule has 1 N–H and O–H groups in total. The van der Waals surface area contributed by atoms with Gasteiger partial charge in [-0.1, -0.05) is 26.7 Å². The van der Waals surface area contributed by atoms with E-state index >= 15 is 0 Å². The molecule has 0 amide bonds. The van der Waals surface area contributed by atoms with Crippen LogP contribution in [0, 0.1) is 10.2 Å². The predicted molar refractivity (Wildman–Crippen MR) is 60.9 cm³/mol. The number of rotatable bonds is 1. The van der Waals surface area contributed by atoms with E-state index in [-0.39, 0.29) is 0 Å². The molecule has 1 saturated carbocycles. The van der Waals surface area contributed by atoms with Gasteiger partial charge in [-0.15, -0.1) is 0 Å². The Hall–Kier alpha value is -0.570. The minimum Gasteiger partial charge on any atom is -0.337 e. The van der Waals surface area contributed by atoms with Gasteiger partial charge in [-0.3, -0.25) is 0 Å². The Labute approximate surface area is 90.3 Å². The molecule has 0 spiro atoms. The lowest BCUT2D eigenvalue weighted by Gasteiger charge is -2.39. The minimum atomic E-state index is 0.388. The second kappa shape index (κ2) is 3.54. The Kier molecular flexibility index (Phi) is 2.52. The third-order valence-electron chi connectivity index (χ3n) is 3.46. The summed E-state index contributed by atoms with van der Waals surface area (Å²) < 4.78 is 3.10. The number of H-pyrrole nitrogens is 1.